The van der Waals surface area contributed by atoms with Gasteiger partial charge in [0.2, 0.25) is 0 Å². The normalized spacial score (nSPS) is 19.6. The lowest BCUT2D eigenvalue weighted by atomic mass is 10.0. The molecule has 0 bridgehead atoms. The maximum absolute atomic E-state index is 11.3. The molecule has 0 radical (unpaired) electrons. The minimum absolute atomic E-state index is 0.138. The highest BCUT2D eigenvalue weighted by atomic mass is 32.1. The third kappa shape index (κ3) is 3.32. The van der Waals surface area contributed by atoms with E-state index in [2.05, 4.69) is 10.3 Å². The number of hydrogen-bond donors (Lipinski definition) is 1. The minimum atomic E-state index is -0.138. The highest BCUT2D eigenvalue weighted by molar-refractivity contribution is 7.13. The lowest BCUT2D eigenvalue weighted by Crippen LogP contribution is -2.17. The number of nitrogens with zero attached hydrogens (tertiary/aromatic N) is 1. The van der Waals surface area contributed by atoms with Gasteiger partial charge in [-0.3, -0.25) is 4.79 Å². The van der Waals surface area contributed by atoms with Crippen LogP contribution in [-0.4, -0.2) is 24.1 Å². The van der Waals surface area contributed by atoms with E-state index in [0.29, 0.717) is 24.9 Å². The van der Waals surface area contributed by atoms with E-state index >= 15 is 0 Å². The van der Waals surface area contributed by atoms with Crippen molar-refractivity contribution in [2.75, 3.05) is 18.5 Å². The number of anilines is 1. The number of aromatic nitrogens is 1. The number of rotatable bonds is 8. The van der Waals surface area contributed by atoms with Crippen molar-refractivity contribution in [3.05, 3.63) is 11.1 Å². The van der Waals surface area contributed by atoms with Gasteiger partial charge in [-0.1, -0.05) is 0 Å². The summed E-state index contributed by atoms with van der Waals surface area (Å²) in [5.41, 5.74) is 1.58. The Labute approximate surface area is 123 Å². The van der Waals surface area contributed by atoms with Crippen LogP contribution in [0.15, 0.2) is 5.38 Å². The van der Waals surface area contributed by atoms with Gasteiger partial charge in [0.1, 0.15) is 0 Å². The quantitative estimate of drug-likeness (QED) is 0.748. The summed E-state index contributed by atoms with van der Waals surface area (Å²) in [5.74, 6) is 0.832. The van der Waals surface area contributed by atoms with Gasteiger partial charge in [0.05, 0.1) is 18.7 Å². The van der Waals surface area contributed by atoms with Crippen molar-refractivity contribution in [2.45, 2.75) is 45.4 Å². The molecule has 20 heavy (non-hydrogen) atoms. The Morgan fingerprint density at radius 3 is 3.00 bits per heavy atom. The monoisotopic (exact) mass is 294 g/mol. The van der Waals surface area contributed by atoms with Crippen LogP contribution in [0.1, 0.15) is 44.7 Å². The van der Waals surface area contributed by atoms with Crippen LogP contribution in [0.2, 0.25) is 0 Å². The van der Waals surface area contributed by atoms with Crippen molar-refractivity contribution < 1.29 is 9.53 Å². The van der Waals surface area contributed by atoms with Crippen molar-refractivity contribution in [1.82, 2.24) is 4.98 Å². The Morgan fingerprint density at radius 2 is 2.35 bits per heavy atom. The molecule has 1 aromatic heterocycles. The Bertz CT molecular complexity index is 478. The van der Waals surface area contributed by atoms with Gasteiger partial charge in [0.25, 0.3) is 0 Å². The van der Waals surface area contributed by atoms with E-state index in [4.69, 9.17) is 4.74 Å². The summed E-state index contributed by atoms with van der Waals surface area (Å²) < 4.78 is 4.93. The molecule has 2 saturated carbocycles. The molecule has 0 aliphatic heterocycles. The van der Waals surface area contributed by atoms with E-state index in [1.165, 1.54) is 25.7 Å². The summed E-state index contributed by atoms with van der Waals surface area (Å²) in [6.45, 7) is 3.35. The number of thiazole rings is 1. The molecule has 0 atom stereocenters. The average molecular weight is 294 g/mol. The first kappa shape index (κ1) is 13.9. The van der Waals surface area contributed by atoms with E-state index in [9.17, 15) is 4.79 Å². The van der Waals surface area contributed by atoms with Crippen molar-refractivity contribution in [3.63, 3.8) is 0 Å². The molecule has 4 nitrogen and oxygen atoms in total. The minimum Gasteiger partial charge on any atom is -0.466 e. The second-order valence-corrected chi connectivity index (χ2v) is 6.80. The van der Waals surface area contributed by atoms with Gasteiger partial charge in [-0.15, -0.1) is 11.3 Å². The molecule has 0 amide bonds. The van der Waals surface area contributed by atoms with Crippen LogP contribution in [0.3, 0.4) is 0 Å². The van der Waals surface area contributed by atoms with Crippen LogP contribution in [0.4, 0.5) is 5.13 Å². The van der Waals surface area contributed by atoms with Crippen molar-refractivity contribution >= 4 is 22.4 Å². The molecule has 1 heterocycles. The van der Waals surface area contributed by atoms with Gasteiger partial charge in [-0.25, -0.2) is 4.98 Å². The highest BCUT2D eigenvalue weighted by Gasteiger charge is 2.53. The maximum Gasteiger partial charge on any atom is 0.306 e. The van der Waals surface area contributed by atoms with Crippen LogP contribution in [-0.2, 0) is 16.0 Å². The lowest BCUT2D eigenvalue weighted by molar-refractivity contribution is -0.143. The number of aryl methyl sites for hydroxylation is 1. The second-order valence-electron chi connectivity index (χ2n) is 5.94. The van der Waals surface area contributed by atoms with E-state index in [1.807, 2.05) is 12.3 Å². The number of esters is 1. The molecule has 0 unspecified atom stereocenters. The van der Waals surface area contributed by atoms with Crippen LogP contribution in [0, 0.1) is 11.3 Å². The zero-order valence-corrected chi connectivity index (χ0v) is 12.8. The zero-order valence-electron chi connectivity index (χ0n) is 12.0. The second kappa shape index (κ2) is 5.72. The third-order valence-electron chi connectivity index (χ3n) is 4.37. The van der Waals surface area contributed by atoms with E-state index in [0.717, 1.165) is 23.3 Å². The van der Waals surface area contributed by atoms with Gasteiger partial charge >= 0.3 is 5.97 Å². The standard InChI is InChI=1S/C15H22N2O2S/c1-2-19-13(18)6-5-12-9-20-14(17-12)16-10-15(7-8-15)11-3-4-11/h9,11H,2-8,10H2,1H3,(H,16,17). The molecule has 0 saturated heterocycles. The molecule has 5 heteroatoms. The molecule has 1 N–H and O–H groups in total. The molecule has 0 aromatic carbocycles. The fourth-order valence-corrected chi connectivity index (χ4v) is 3.55. The van der Waals surface area contributed by atoms with Gasteiger partial charge in [0.15, 0.2) is 5.13 Å². The van der Waals surface area contributed by atoms with Gasteiger partial charge < -0.3 is 10.1 Å². The Balaban J connectivity index is 1.43. The molecule has 1 aromatic rings. The van der Waals surface area contributed by atoms with E-state index in [1.54, 1.807) is 11.3 Å². The Hall–Kier alpha value is -1.10. The molecule has 3 rings (SSSR count). The smallest absolute Gasteiger partial charge is 0.306 e. The van der Waals surface area contributed by atoms with Crippen LogP contribution >= 0.6 is 11.3 Å². The first-order valence-corrected chi connectivity index (χ1v) is 8.44. The average Bonchev–Trinajstić information content (AvgIpc) is 3.33. The Kier molecular flexibility index (Phi) is 3.96. The molecular weight excluding hydrogens is 272 g/mol. The number of carbonyl (C=O) groups is 1. The van der Waals surface area contributed by atoms with Gasteiger partial charge in [-0.2, -0.15) is 0 Å². The molecule has 2 aliphatic rings. The summed E-state index contributed by atoms with van der Waals surface area (Å²) in [6.07, 6.45) is 6.69. The van der Waals surface area contributed by atoms with Crippen molar-refractivity contribution in [2.24, 2.45) is 11.3 Å². The summed E-state index contributed by atoms with van der Waals surface area (Å²) >= 11 is 1.64. The van der Waals surface area contributed by atoms with Crippen molar-refractivity contribution in [1.29, 1.82) is 0 Å². The largest absolute Gasteiger partial charge is 0.466 e. The molecule has 110 valence electrons. The predicted octanol–water partition coefficient (Wildman–Crippen LogP) is 3.24. The highest BCUT2D eigenvalue weighted by Crippen LogP contribution is 2.61. The predicted molar refractivity (Wildman–Crippen MR) is 79.9 cm³/mol. The first-order chi connectivity index (χ1) is 9.72. The number of hydrogen-bond acceptors (Lipinski definition) is 5. The van der Waals surface area contributed by atoms with Gasteiger partial charge in [0, 0.05) is 18.3 Å². The van der Waals surface area contributed by atoms with Crippen LogP contribution < -0.4 is 5.32 Å². The fourth-order valence-electron chi connectivity index (χ4n) is 2.80. The SMILES string of the molecule is CCOC(=O)CCc1csc(NCC2(C3CC3)CC2)n1. The fraction of sp³-hybridized carbons (Fsp3) is 0.733. The Morgan fingerprint density at radius 1 is 1.55 bits per heavy atom. The van der Waals surface area contributed by atoms with E-state index < -0.39 is 0 Å². The molecular formula is C15H22N2O2S. The van der Waals surface area contributed by atoms with Crippen LogP contribution in [0.5, 0.6) is 0 Å². The molecule has 0 spiro atoms. The number of carbonyl (C=O) groups excluding carboxylic acids is 1. The van der Waals surface area contributed by atoms with E-state index in [-0.39, 0.29) is 5.97 Å². The van der Waals surface area contributed by atoms with Gasteiger partial charge in [-0.05, 0) is 43.9 Å². The lowest BCUT2D eigenvalue weighted by Gasteiger charge is -2.13. The number of ether oxygens (including phenoxy) is 1. The van der Waals surface area contributed by atoms with Crippen LogP contribution in [0.25, 0.3) is 0 Å². The molecule has 2 aliphatic carbocycles. The zero-order chi connectivity index (χ0) is 14.0. The summed E-state index contributed by atoms with van der Waals surface area (Å²) in [5, 5.41) is 6.53. The third-order valence-corrected chi connectivity index (χ3v) is 5.22. The molecule has 2 fully saturated rings. The first-order valence-electron chi connectivity index (χ1n) is 7.56. The number of nitrogens with one attached hydrogen (secondary N) is 1. The topological polar surface area (TPSA) is 51.2 Å². The maximum atomic E-state index is 11.3. The summed E-state index contributed by atoms with van der Waals surface area (Å²) in [7, 11) is 0. The van der Waals surface area contributed by atoms with Crippen molar-refractivity contribution in [3.8, 4) is 0 Å². The summed E-state index contributed by atoms with van der Waals surface area (Å²) in [4.78, 5) is 15.9. The summed E-state index contributed by atoms with van der Waals surface area (Å²) in [6, 6.07) is 0.